The molecule has 0 fully saturated rings. The van der Waals surface area contributed by atoms with Gasteiger partial charge in [-0.2, -0.15) is 13.2 Å². The van der Waals surface area contributed by atoms with Crippen molar-refractivity contribution in [3.8, 4) is 0 Å². The van der Waals surface area contributed by atoms with Crippen molar-refractivity contribution in [2.75, 3.05) is 13.6 Å². The Labute approximate surface area is 158 Å². The van der Waals surface area contributed by atoms with Gasteiger partial charge in [-0.15, -0.1) is 35.3 Å². The molecule has 2 heterocycles. The van der Waals surface area contributed by atoms with Crippen LogP contribution in [0.25, 0.3) is 0 Å². The molecule has 24 heavy (non-hydrogen) atoms. The number of rotatable bonds is 5. The third-order valence-corrected chi connectivity index (χ3v) is 3.77. The Kier molecular flexibility index (Phi) is 8.39. The highest BCUT2D eigenvalue weighted by Gasteiger charge is 2.33. The number of nitrogens with one attached hydrogen (secondary N) is 2. The van der Waals surface area contributed by atoms with Crippen LogP contribution in [-0.4, -0.2) is 29.5 Å². The number of aliphatic imine (C=N–C) groups is 1. The van der Waals surface area contributed by atoms with Crippen molar-refractivity contribution in [3.63, 3.8) is 0 Å². The van der Waals surface area contributed by atoms with Gasteiger partial charge in [0.25, 0.3) is 0 Å². The van der Waals surface area contributed by atoms with Gasteiger partial charge in [0.2, 0.25) is 0 Å². The van der Waals surface area contributed by atoms with Crippen LogP contribution >= 0.6 is 35.3 Å². The van der Waals surface area contributed by atoms with Gasteiger partial charge in [0, 0.05) is 31.6 Å². The fourth-order valence-electron chi connectivity index (χ4n) is 1.74. The molecule has 0 aliphatic rings. The van der Waals surface area contributed by atoms with Crippen LogP contribution in [0.4, 0.5) is 13.2 Å². The summed E-state index contributed by atoms with van der Waals surface area (Å²) in [7, 11) is 1.62. The highest BCUT2D eigenvalue weighted by Crippen LogP contribution is 2.29. The van der Waals surface area contributed by atoms with E-state index in [0.29, 0.717) is 30.5 Å². The van der Waals surface area contributed by atoms with Crippen molar-refractivity contribution in [1.82, 2.24) is 20.6 Å². The zero-order valence-electron chi connectivity index (χ0n) is 12.8. The van der Waals surface area contributed by atoms with Gasteiger partial charge in [0.1, 0.15) is 0 Å². The summed E-state index contributed by atoms with van der Waals surface area (Å²) >= 11 is 1.00. The standard InChI is InChI=1S/C14H16F3N5S.HI/c1-18-13(21-8-10-4-2-3-6-19-10)20-7-5-12-22-11(9-23-12)14(15,16)17;/h2-4,6,9H,5,7-8H2,1H3,(H2,18,20,21);1H. The van der Waals surface area contributed by atoms with E-state index in [1.807, 2.05) is 18.2 Å². The first-order chi connectivity index (χ1) is 11.0. The van der Waals surface area contributed by atoms with Crippen molar-refractivity contribution in [1.29, 1.82) is 0 Å². The zero-order valence-corrected chi connectivity index (χ0v) is 15.9. The van der Waals surface area contributed by atoms with Gasteiger partial charge in [0.15, 0.2) is 11.7 Å². The van der Waals surface area contributed by atoms with Gasteiger partial charge in [0.05, 0.1) is 17.2 Å². The van der Waals surface area contributed by atoms with Crippen molar-refractivity contribution in [2.45, 2.75) is 19.1 Å². The Bertz CT molecular complexity index is 645. The molecule has 0 unspecified atom stereocenters. The average molecular weight is 471 g/mol. The molecule has 2 aromatic rings. The van der Waals surface area contributed by atoms with Crippen LogP contribution < -0.4 is 10.6 Å². The van der Waals surface area contributed by atoms with Gasteiger partial charge in [-0.05, 0) is 12.1 Å². The molecule has 0 bridgehead atoms. The third kappa shape index (κ3) is 6.59. The third-order valence-electron chi connectivity index (χ3n) is 2.86. The number of hydrogen-bond acceptors (Lipinski definition) is 4. The molecule has 0 aromatic carbocycles. The van der Waals surface area contributed by atoms with E-state index in [1.165, 1.54) is 0 Å². The highest BCUT2D eigenvalue weighted by molar-refractivity contribution is 14.0. The minimum absolute atomic E-state index is 0. The molecular formula is C14H17F3IN5S. The predicted octanol–water partition coefficient (Wildman–Crippen LogP) is 3.08. The normalized spacial score (nSPS) is 11.8. The van der Waals surface area contributed by atoms with Gasteiger partial charge >= 0.3 is 6.18 Å². The molecule has 0 aliphatic heterocycles. The lowest BCUT2D eigenvalue weighted by Gasteiger charge is -2.10. The first-order valence-electron chi connectivity index (χ1n) is 6.85. The Balaban J connectivity index is 0.00000288. The van der Waals surface area contributed by atoms with E-state index in [-0.39, 0.29) is 24.0 Å². The van der Waals surface area contributed by atoms with E-state index >= 15 is 0 Å². The first kappa shape index (κ1) is 20.6. The SMILES string of the molecule is CN=C(NCCc1nc(C(F)(F)F)cs1)NCc1ccccn1.I. The number of alkyl halides is 3. The van der Waals surface area contributed by atoms with Crippen molar-refractivity contribution < 1.29 is 13.2 Å². The molecule has 0 saturated carbocycles. The van der Waals surface area contributed by atoms with E-state index in [9.17, 15) is 13.2 Å². The maximum atomic E-state index is 12.5. The Morgan fingerprint density at radius 3 is 2.67 bits per heavy atom. The minimum atomic E-state index is -4.39. The summed E-state index contributed by atoms with van der Waals surface area (Å²) in [4.78, 5) is 11.8. The summed E-state index contributed by atoms with van der Waals surface area (Å²) in [6.45, 7) is 0.947. The number of aromatic nitrogens is 2. The Morgan fingerprint density at radius 1 is 1.29 bits per heavy atom. The van der Waals surface area contributed by atoms with E-state index < -0.39 is 11.9 Å². The summed E-state index contributed by atoms with van der Waals surface area (Å²) in [5.74, 6) is 0.559. The molecule has 2 aromatic heterocycles. The second-order valence-electron chi connectivity index (χ2n) is 4.55. The molecule has 132 valence electrons. The van der Waals surface area contributed by atoms with Crippen molar-refractivity contribution >= 4 is 41.3 Å². The number of pyridine rings is 1. The second kappa shape index (κ2) is 9.77. The number of guanidine groups is 1. The van der Waals surface area contributed by atoms with Gasteiger partial charge < -0.3 is 10.6 Å². The number of nitrogens with zero attached hydrogens (tertiary/aromatic N) is 3. The monoisotopic (exact) mass is 471 g/mol. The summed E-state index contributed by atoms with van der Waals surface area (Å²) in [5, 5.41) is 7.58. The number of halogens is 4. The van der Waals surface area contributed by atoms with Crippen LogP contribution in [0.2, 0.25) is 0 Å². The lowest BCUT2D eigenvalue weighted by Crippen LogP contribution is -2.38. The fourth-order valence-corrected chi connectivity index (χ4v) is 2.55. The van der Waals surface area contributed by atoms with Gasteiger partial charge in [-0.25, -0.2) is 4.98 Å². The van der Waals surface area contributed by atoms with Crippen LogP contribution in [0.3, 0.4) is 0 Å². The number of thiazole rings is 1. The molecule has 2 N–H and O–H groups in total. The predicted molar refractivity (Wildman–Crippen MR) is 98.7 cm³/mol. The van der Waals surface area contributed by atoms with Crippen LogP contribution in [0, 0.1) is 0 Å². The van der Waals surface area contributed by atoms with Crippen LogP contribution in [0.1, 0.15) is 16.4 Å². The second-order valence-corrected chi connectivity index (χ2v) is 5.49. The molecule has 2 rings (SSSR count). The quantitative estimate of drug-likeness (QED) is 0.400. The van der Waals surface area contributed by atoms with Crippen LogP contribution in [0.15, 0.2) is 34.8 Å². The van der Waals surface area contributed by atoms with Crippen molar-refractivity contribution in [2.24, 2.45) is 4.99 Å². The minimum Gasteiger partial charge on any atom is -0.356 e. The van der Waals surface area contributed by atoms with Crippen LogP contribution in [-0.2, 0) is 19.1 Å². The molecule has 5 nitrogen and oxygen atoms in total. The maximum absolute atomic E-state index is 12.5. The highest BCUT2D eigenvalue weighted by atomic mass is 127. The summed E-state index contributed by atoms with van der Waals surface area (Å²) in [6.07, 6.45) is -2.29. The van der Waals surface area contributed by atoms with E-state index in [1.54, 1.807) is 13.2 Å². The zero-order chi connectivity index (χ0) is 16.7. The average Bonchev–Trinajstić information content (AvgIpc) is 3.01. The lowest BCUT2D eigenvalue weighted by molar-refractivity contribution is -0.140. The van der Waals surface area contributed by atoms with Gasteiger partial charge in [-0.3, -0.25) is 9.98 Å². The van der Waals surface area contributed by atoms with E-state index in [2.05, 4.69) is 25.6 Å². The topological polar surface area (TPSA) is 62.2 Å². The number of hydrogen-bond donors (Lipinski definition) is 2. The Hall–Kier alpha value is -1.43. The van der Waals surface area contributed by atoms with E-state index in [0.717, 1.165) is 22.4 Å². The Morgan fingerprint density at radius 2 is 2.08 bits per heavy atom. The molecule has 10 heteroatoms. The summed E-state index contributed by atoms with van der Waals surface area (Å²) < 4.78 is 37.4. The lowest BCUT2D eigenvalue weighted by atomic mass is 10.3. The molecule has 0 amide bonds. The summed E-state index contributed by atoms with van der Waals surface area (Å²) in [5.41, 5.74) is 0.0281. The van der Waals surface area contributed by atoms with Gasteiger partial charge in [-0.1, -0.05) is 6.07 Å². The molecular weight excluding hydrogens is 454 g/mol. The fraction of sp³-hybridized carbons (Fsp3) is 0.357. The molecule has 0 aliphatic carbocycles. The van der Waals surface area contributed by atoms with E-state index in [4.69, 9.17) is 0 Å². The molecule has 0 radical (unpaired) electrons. The van der Waals surface area contributed by atoms with Crippen LogP contribution in [0.5, 0.6) is 0 Å². The molecule has 0 saturated heterocycles. The summed E-state index contributed by atoms with van der Waals surface area (Å²) in [6, 6.07) is 5.61. The maximum Gasteiger partial charge on any atom is 0.434 e. The smallest absolute Gasteiger partial charge is 0.356 e. The van der Waals surface area contributed by atoms with Crippen molar-refractivity contribution in [3.05, 3.63) is 46.2 Å². The molecule has 0 spiro atoms. The first-order valence-corrected chi connectivity index (χ1v) is 7.73. The molecule has 0 atom stereocenters. The largest absolute Gasteiger partial charge is 0.434 e.